The van der Waals surface area contributed by atoms with E-state index in [9.17, 15) is 9.90 Å². The Labute approximate surface area is 82.8 Å². The number of aliphatic hydroxyl groups is 1. The molecule has 0 aromatic heterocycles. The van der Waals surface area contributed by atoms with Crippen molar-refractivity contribution in [1.82, 2.24) is 10.6 Å². The Hall–Kier alpha value is -0.650. The molecule has 0 aromatic carbocycles. The first-order valence-corrected chi connectivity index (χ1v) is 5.08. The van der Waals surface area contributed by atoms with Crippen molar-refractivity contribution in [1.29, 1.82) is 0 Å². The zero-order valence-electron chi connectivity index (χ0n) is 8.03. The molecule has 0 spiro atoms. The first-order valence-electron chi connectivity index (χ1n) is 5.08. The highest BCUT2D eigenvalue weighted by Gasteiger charge is 2.31. The molecular formula is C9H16N2O3. The third kappa shape index (κ3) is 2.23. The molecule has 2 aliphatic heterocycles. The van der Waals surface area contributed by atoms with Crippen molar-refractivity contribution in [3.05, 3.63) is 0 Å². The quantitative estimate of drug-likeness (QED) is 0.479. The summed E-state index contributed by atoms with van der Waals surface area (Å²) in [5.41, 5.74) is 0. The van der Waals surface area contributed by atoms with E-state index in [0.717, 1.165) is 19.5 Å². The van der Waals surface area contributed by atoms with Crippen LogP contribution in [-0.4, -0.2) is 49.0 Å². The van der Waals surface area contributed by atoms with Crippen molar-refractivity contribution in [2.75, 3.05) is 19.6 Å². The number of ether oxygens (including phenoxy) is 1. The molecule has 0 unspecified atom stereocenters. The van der Waals surface area contributed by atoms with Gasteiger partial charge in [-0.3, -0.25) is 4.79 Å². The van der Waals surface area contributed by atoms with Gasteiger partial charge in [0.25, 0.3) is 0 Å². The fraction of sp³-hybridized carbons (Fsp3) is 0.889. The third-order valence-corrected chi connectivity index (χ3v) is 2.69. The predicted octanol–water partition coefficient (Wildman–Crippen LogP) is -1.39. The van der Waals surface area contributed by atoms with Crippen molar-refractivity contribution in [2.24, 2.45) is 0 Å². The lowest BCUT2D eigenvalue weighted by Gasteiger charge is -2.14. The van der Waals surface area contributed by atoms with Crippen molar-refractivity contribution in [3.63, 3.8) is 0 Å². The molecule has 2 saturated heterocycles. The summed E-state index contributed by atoms with van der Waals surface area (Å²) < 4.78 is 5.27. The zero-order chi connectivity index (χ0) is 9.97. The van der Waals surface area contributed by atoms with Gasteiger partial charge in [0.1, 0.15) is 12.1 Å². The van der Waals surface area contributed by atoms with Gasteiger partial charge in [-0.15, -0.1) is 0 Å². The molecule has 3 N–H and O–H groups in total. The summed E-state index contributed by atoms with van der Waals surface area (Å²) in [6.07, 6.45) is 0.969. The Balaban J connectivity index is 1.77. The average molecular weight is 200 g/mol. The molecule has 0 amide bonds. The maximum atomic E-state index is 11.5. The molecule has 5 heteroatoms. The average Bonchev–Trinajstić information content (AvgIpc) is 2.75. The van der Waals surface area contributed by atoms with Gasteiger partial charge in [-0.25, -0.2) is 0 Å². The minimum Gasteiger partial charge on any atom is -0.460 e. The van der Waals surface area contributed by atoms with Crippen molar-refractivity contribution in [3.8, 4) is 0 Å². The number of aliphatic hydroxyl groups excluding tert-OH is 1. The lowest BCUT2D eigenvalue weighted by atomic mass is 10.2. The Kier molecular flexibility index (Phi) is 3.00. The molecule has 14 heavy (non-hydrogen) atoms. The van der Waals surface area contributed by atoms with Crippen LogP contribution in [0.2, 0.25) is 0 Å². The number of hydrogen-bond donors (Lipinski definition) is 3. The van der Waals surface area contributed by atoms with Crippen LogP contribution in [0.4, 0.5) is 0 Å². The van der Waals surface area contributed by atoms with Gasteiger partial charge >= 0.3 is 5.97 Å². The maximum Gasteiger partial charge on any atom is 0.323 e. The van der Waals surface area contributed by atoms with Gasteiger partial charge in [0.15, 0.2) is 0 Å². The molecule has 80 valence electrons. The lowest BCUT2D eigenvalue weighted by Crippen LogP contribution is -2.35. The van der Waals surface area contributed by atoms with E-state index in [1.54, 1.807) is 0 Å². The molecule has 2 rings (SSSR count). The summed E-state index contributed by atoms with van der Waals surface area (Å²) in [7, 11) is 0. The topological polar surface area (TPSA) is 70.6 Å². The fourth-order valence-corrected chi connectivity index (χ4v) is 1.87. The highest BCUT2D eigenvalue weighted by atomic mass is 16.5. The second-order valence-corrected chi connectivity index (χ2v) is 3.90. The van der Waals surface area contributed by atoms with Crippen LogP contribution < -0.4 is 10.6 Å². The Bertz CT molecular complexity index is 216. The van der Waals surface area contributed by atoms with Crippen LogP contribution in [0.5, 0.6) is 0 Å². The van der Waals surface area contributed by atoms with Gasteiger partial charge in [0, 0.05) is 19.5 Å². The van der Waals surface area contributed by atoms with Crippen molar-refractivity contribution >= 4 is 5.97 Å². The summed E-state index contributed by atoms with van der Waals surface area (Å²) in [6.45, 7) is 2.16. The van der Waals surface area contributed by atoms with E-state index >= 15 is 0 Å². The second kappa shape index (κ2) is 4.25. The van der Waals surface area contributed by atoms with Gasteiger partial charge in [0.2, 0.25) is 0 Å². The molecule has 2 fully saturated rings. The normalized spacial score (nSPS) is 37.4. The van der Waals surface area contributed by atoms with Gasteiger partial charge in [-0.1, -0.05) is 0 Å². The lowest BCUT2D eigenvalue weighted by molar-refractivity contribution is -0.150. The van der Waals surface area contributed by atoms with E-state index in [2.05, 4.69) is 10.6 Å². The number of carbonyl (C=O) groups is 1. The molecule has 2 heterocycles. The smallest absolute Gasteiger partial charge is 0.323 e. The first-order chi connectivity index (χ1) is 6.75. The Morgan fingerprint density at radius 1 is 1.43 bits per heavy atom. The molecule has 2 aliphatic rings. The molecule has 0 bridgehead atoms. The van der Waals surface area contributed by atoms with E-state index in [1.807, 2.05) is 0 Å². The minimum absolute atomic E-state index is 0.0158. The minimum atomic E-state index is -0.408. The predicted molar refractivity (Wildman–Crippen MR) is 49.8 cm³/mol. The van der Waals surface area contributed by atoms with Gasteiger partial charge in [0.05, 0.1) is 6.10 Å². The molecule has 3 atom stereocenters. The van der Waals surface area contributed by atoms with Crippen LogP contribution in [0.1, 0.15) is 12.8 Å². The van der Waals surface area contributed by atoms with E-state index < -0.39 is 6.10 Å². The monoisotopic (exact) mass is 200 g/mol. The molecular weight excluding hydrogens is 184 g/mol. The molecule has 0 saturated carbocycles. The van der Waals surface area contributed by atoms with Crippen LogP contribution >= 0.6 is 0 Å². The zero-order valence-corrected chi connectivity index (χ0v) is 8.03. The van der Waals surface area contributed by atoms with E-state index in [4.69, 9.17) is 4.74 Å². The highest BCUT2D eigenvalue weighted by Crippen LogP contribution is 2.11. The van der Waals surface area contributed by atoms with Gasteiger partial charge in [-0.2, -0.15) is 0 Å². The van der Waals surface area contributed by atoms with E-state index in [-0.39, 0.29) is 18.1 Å². The maximum absolute atomic E-state index is 11.5. The number of β-amino-alcohol motifs (C(OH)–C–C–N with tert-alkyl or cyclic N) is 1. The van der Waals surface area contributed by atoms with Crippen LogP contribution in [-0.2, 0) is 9.53 Å². The van der Waals surface area contributed by atoms with E-state index in [0.29, 0.717) is 13.0 Å². The van der Waals surface area contributed by atoms with Crippen molar-refractivity contribution in [2.45, 2.75) is 31.1 Å². The standard InChI is InChI=1S/C9H16N2O3/c12-6-3-8(11-4-6)9(13)14-7-1-2-10-5-7/h6-8,10-12H,1-5H2/t6-,7-,8+/m1/s1. The number of esters is 1. The Morgan fingerprint density at radius 3 is 2.86 bits per heavy atom. The summed E-state index contributed by atoms with van der Waals surface area (Å²) in [5, 5.41) is 15.3. The van der Waals surface area contributed by atoms with Gasteiger partial charge < -0.3 is 20.5 Å². The number of nitrogens with one attached hydrogen (secondary N) is 2. The van der Waals surface area contributed by atoms with Crippen LogP contribution in [0, 0.1) is 0 Å². The largest absolute Gasteiger partial charge is 0.460 e. The summed E-state index contributed by atoms with van der Waals surface area (Å²) in [6, 6.07) is -0.314. The molecule has 5 nitrogen and oxygen atoms in total. The van der Waals surface area contributed by atoms with Crippen LogP contribution in [0.3, 0.4) is 0 Å². The fourth-order valence-electron chi connectivity index (χ4n) is 1.87. The molecule has 0 aromatic rings. The highest BCUT2D eigenvalue weighted by molar-refractivity contribution is 5.76. The van der Waals surface area contributed by atoms with Crippen LogP contribution in [0.15, 0.2) is 0 Å². The molecule has 0 radical (unpaired) electrons. The number of hydrogen-bond acceptors (Lipinski definition) is 5. The second-order valence-electron chi connectivity index (χ2n) is 3.90. The summed E-state index contributed by atoms with van der Waals surface area (Å²) in [5.74, 6) is -0.227. The summed E-state index contributed by atoms with van der Waals surface area (Å²) in [4.78, 5) is 11.5. The first kappa shape index (κ1) is 9.89. The van der Waals surface area contributed by atoms with E-state index in [1.165, 1.54) is 0 Å². The number of carbonyl (C=O) groups excluding carboxylic acids is 1. The van der Waals surface area contributed by atoms with Crippen LogP contribution in [0.25, 0.3) is 0 Å². The van der Waals surface area contributed by atoms with Crippen molar-refractivity contribution < 1.29 is 14.6 Å². The summed E-state index contributed by atoms with van der Waals surface area (Å²) >= 11 is 0. The molecule has 0 aliphatic carbocycles. The Morgan fingerprint density at radius 2 is 2.29 bits per heavy atom. The van der Waals surface area contributed by atoms with Gasteiger partial charge in [-0.05, 0) is 13.0 Å². The number of rotatable bonds is 2. The SMILES string of the molecule is O=C(O[C@@H]1CCNC1)[C@@H]1C[C@@H](O)CN1. The third-order valence-electron chi connectivity index (χ3n) is 2.69.